The van der Waals surface area contributed by atoms with E-state index in [2.05, 4.69) is 4.98 Å². The van der Waals surface area contributed by atoms with Crippen molar-refractivity contribution in [2.75, 3.05) is 26.7 Å². The lowest BCUT2D eigenvalue weighted by Crippen LogP contribution is -2.48. The number of hydrogen-bond acceptors (Lipinski definition) is 3. The molecule has 2 amide bonds. The van der Waals surface area contributed by atoms with Gasteiger partial charge in [-0.2, -0.15) is 0 Å². The fourth-order valence-corrected chi connectivity index (χ4v) is 4.21. The minimum absolute atomic E-state index is 0.105. The zero-order valence-electron chi connectivity index (χ0n) is 15.3. The number of carbonyl (C=O) groups excluding carboxylic acids is 2. The van der Waals surface area contributed by atoms with Gasteiger partial charge in [0.1, 0.15) is 5.82 Å². The summed E-state index contributed by atoms with van der Waals surface area (Å²) in [5, 5.41) is 0. The molecule has 1 aromatic heterocycles. The van der Waals surface area contributed by atoms with Crippen LogP contribution in [0, 0.1) is 11.2 Å². The monoisotopic (exact) mass is 367 g/mol. The summed E-state index contributed by atoms with van der Waals surface area (Å²) in [5.74, 6) is -0.270. The highest BCUT2D eigenvalue weighted by atomic mass is 19.1. The maximum absolute atomic E-state index is 13.4. The number of carbonyl (C=O) groups is 2. The lowest BCUT2D eigenvalue weighted by Gasteiger charge is -2.37. The molecule has 2 aliphatic rings. The van der Waals surface area contributed by atoms with Crippen LogP contribution < -0.4 is 0 Å². The van der Waals surface area contributed by atoms with E-state index in [1.165, 1.54) is 18.3 Å². The average Bonchev–Trinajstić information content (AvgIpc) is 3.11. The van der Waals surface area contributed by atoms with Gasteiger partial charge in [0.2, 0.25) is 5.91 Å². The second kappa shape index (κ2) is 6.76. The lowest BCUT2D eigenvalue weighted by molar-refractivity contribution is -0.143. The Kier molecular flexibility index (Phi) is 4.42. The van der Waals surface area contributed by atoms with Gasteiger partial charge in [-0.3, -0.25) is 14.6 Å². The van der Waals surface area contributed by atoms with Gasteiger partial charge in [0.15, 0.2) is 0 Å². The van der Waals surface area contributed by atoms with Crippen molar-refractivity contribution in [3.8, 4) is 11.3 Å². The summed E-state index contributed by atoms with van der Waals surface area (Å²) in [6, 6.07) is 9.66. The van der Waals surface area contributed by atoms with Crippen molar-refractivity contribution in [3.05, 3.63) is 54.0 Å². The van der Waals surface area contributed by atoms with Crippen molar-refractivity contribution in [1.29, 1.82) is 0 Å². The molecule has 140 valence electrons. The number of halogens is 1. The van der Waals surface area contributed by atoms with Crippen LogP contribution in [0.25, 0.3) is 11.3 Å². The van der Waals surface area contributed by atoms with E-state index in [0.29, 0.717) is 29.9 Å². The first kappa shape index (κ1) is 17.6. The van der Waals surface area contributed by atoms with E-state index >= 15 is 0 Å². The number of benzene rings is 1. The quantitative estimate of drug-likeness (QED) is 0.820. The maximum atomic E-state index is 13.4. The van der Waals surface area contributed by atoms with Gasteiger partial charge in [0.05, 0.1) is 16.7 Å². The zero-order valence-corrected chi connectivity index (χ0v) is 15.3. The molecule has 6 heteroatoms. The van der Waals surface area contributed by atoms with E-state index < -0.39 is 5.41 Å². The third-order valence-electron chi connectivity index (χ3n) is 5.72. The van der Waals surface area contributed by atoms with Crippen LogP contribution in [0.2, 0.25) is 0 Å². The highest BCUT2D eigenvalue weighted by Crippen LogP contribution is 2.40. The standard InChI is InChI=1S/C21H22FN3O2/c1-24-10-3-8-21(20(24)27)9-11-25(14-21)19(26)16-6-7-18(23-13-16)15-4-2-5-17(22)12-15/h2,4-7,12-13H,3,8-11,14H2,1H3/t21-/m0/s1. The Balaban J connectivity index is 1.50. The van der Waals surface area contributed by atoms with Crippen LogP contribution in [0.15, 0.2) is 42.6 Å². The Morgan fingerprint density at radius 3 is 2.78 bits per heavy atom. The molecule has 3 heterocycles. The molecule has 2 aliphatic heterocycles. The molecule has 1 atom stereocenters. The summed E-state index contributed by atoms with van der Waals surface area (Å²) in [6.45, 7) is 1.85. The number of likely N-dealkylation sites (tertiary alicyclic amines) is 2. The van der Waals surface area contributed by atoms with Gasteiger partial charge >= 0.3 is 0 Å². The molecule has 5 nitrogen and oxygen atoms in total. The number of nitrogens with zero attached hydrogens (tertiary/aromatic N) is 3. The number of pyridine rings is 1. The largest absolute Gasteiger partial charge is 0.345 e. The highest BCUT2D eigenvalue weighted by Gasteiger charge is 2.48. The molecule has 2 aromatic rings. The van der Waals surface area contributed by atoms with Crippen molar-refractivity contribution < 1.29 is 14.0 Å². The molecule has 0 aliphatic carbocycles. The molecule has 27 heavy (non-hydrogen) atoms. The predicted octanol–water partition coefficient (Wildman–Crippen LogP) is 2.97. The summed E-state index contributed by atoms with van der Waals surface area (Å²) < 4.78 is 13.4. The second-order valence-corrected chi connectivity index (χ2v) is 7.53. The van der Waals surface area contributed by atoms with Crippen LogP contribution >= 0.6 is 0 Å². The van der Waals surface area contributed by atoms with Crippen molar-refractivity contribution in [3.63, 3.8) is 0 Å². The van der Waals surface area contributed by atoms with Crippen molar-refractivity contribution in [2.45, 2.75) is 19.3 Å². The molecule has 2 saturated heterocycles. The molecule has 0 saturated carbocycles. The number of rotatable bonds is 2. The smallest absolute Gasteiger partial charge is 0.255 e. The number of hydrogen-bond donors (Lipinski definition) is 0. The van der Waals surface area contributed by atoms with Crippen molar-refractivity contribution in [1.82, 2.24) is 14.8 Å². The molecule has 0 unspecified atom stereocenters. The Labute approximate surface area is 157 Å². The van der Waals surface area contributed by atoms with Crippen LogP contribution in [0.1, 0.15) is 29.6 Å². The summed E-state index contributed by atoms with van der Waals surface area (Å²) >= 11 is 0. The first-order valence-corrected chi connectivity index (χ1v) is 9.25. The second-order valence-electron chi connectivity index (χ2n) is 7.53. The predicted molar refractivity (Wildman–Crippen MR) is 99.5 cm³/mol. The average molecular weight is 367 g/mol. The number of piperidine rings is 1. The Hall–Kier alpha value is -2.76. The fourth-order valence-electron chi connectivity index (χ4n) is 4.21. The van der Waals surface area contributed by atoms with Crippen LogP contribution in [0.4, 0.5) is 4.39 Å². The first-order chi connectivity index (χ1) is 13.0. The molecule has 2 fully saturated rings. The molecular formula is C21H22FN3O2. The van der Waals surface area contributed by atoms with Gasteiger partial charge in [0, 0.05) is 38.4 Å². The van der Waals surface area contributed by atoms with Gasteiger partial charge in [0.25, 0.3) is 5.91 Å². The topological polar surface area (TPSA) is 53.5 Å². The molecule has 0 bridgehead atoms. The molecule has 4 rings (SSSR count). The van der Waals surface area contributed by atoms with Crippen LogP contribution in [-0.2, 0) is 4.79 Å². The van der Waals surface area contributed by atoms with E-state index in [0.717, 1.165) is 25.8 Å². The third-order valence-corrected chi connectivity index (χ3v) is 5.72. The van der Waals surface area contributed by atoms with E-state index in [-0.39, 0.29) is 17.6 Å². The molecule has 1 aromatic carbocycles. The van der Waals surface area contributed by atoms with Gasteiger partial charge in [-0.25, -0.2) is 4.39 Å². The van der Waals surface area contributed by atoms with Gasteiger partial charge in [-0.05, 0) is 43.5 Å². The number of aromatic nitrogens is 1. The highest BCUT2D eigenvalue weighted by molar-refractivity contribution is 5.95. The van der Waals surface area contributed by atoms with Gasteiger partial charge in [-0.15, -0.1) is 0 Å². The van der Waals surface area contributed by atoms with Crippen LogP contribution in [0.3, 0.4) is 0 Å². The Morgan fingerprint density at radius 2 is 2.04 bits per heavy atom. The Bertz CT molecular complexity index is 883. The molecular weight excluding hydrogens is 345 g/mol. The van der Waals surface area contributed by atoms with Gasteiger partial charge < -0.3 is 9.80 Å². The summed E-state index contributed by atoms with van der Waals surface area (Å²) in [6.07, 6.45) is 4.07. The van der Waals surface area contributed by atoms with E-state index in [1.54, 1.807) is 34.1 Å². The summed E-state index contributed by atoms with van der Waals surface area (Å²) in [7, 11) is 1.84. The molecule has 0 N–H and O–H groups in total. The van der Waals surface area contributed by atoms with E-state index in [4.69, 9.17) is 0 Å². The first-order valence-electron chi connectivity index (χ1n) is 9.25. The Morgan fingerprint density at radius 1 is 1.19 bits per heavy atom. The van der Waals surface area contributed by atoms with Crippen LogP contribution in [0.5, 0.6) is 0 Å². The van der Waals surface area contributed by atoms with Crippen molar-refractivity contribution in [2.24, 2.45) is 5.41 Å². The number of amides is 2. The lowest BCUT2D eigenvalue weighted by atomic mass is 9.78. The molecule has 0 radical (unpaired) electrons. The maximum Gasteiger partial charge on any atom is 0.255 e. The van der Waals surface area contributed by atoms with E-state index in [1.807, 2.05) is 7.05 Å². The van der Waals surface area contributed by atoms with Crippen molar-refractivity contribution >= 4 is 11.8 Å². The minimum atomic E-state index is -0.419. The minimum Gasteiger partial charge on any atom is -0.345 e. The third kappa shape index (κ3) is 3.20. The zero-order chi connectivity index (χ0) is 19.0. The van der Waals surface area contributed by atoms with E-state index in [9.17, 15) is 14.0 Å². The summed E-state index contributed by atoms with van der Waals surface area (Å²) in [4.78, 5) is 33.4. The van der Waals surface area contributed by atoms with Crippen LogP contribution in [-0.4, -0.2) is 53.3 Å². The summed E-state index contributed by atoms with van der Waals surface area (Å²) in [5.41, 5.74) is 1.36. The molecule has 1 spiro atoms. The van der Waals surface area contributed by atoms with Gasteiger partial charge in [-0.1, -0.05) is 12.1 Å². The normalized spacial score (nSPS) is 22.5. The SMILES string of the molecule is CN1CCC[C@@]2(CCN(C(=O)c3ccc(-c4cccc(F)c4)nc3)C2)C1=O. The fraction of sp³-hybridized carbons (Fsp3) is 0.381.